The zero-order valence-corrected chi connectivity index (χ0v) is 15.2. The largest absolute Gasteiger partial charge is 0.341 e. The number of benzene rings is 2. The van der Waals surface area contributed by atoms with E-state index in [1.165, 1.54) is 18.2 Å². The first-order valence-electron chi connectivity index (χ1n) is 8.71. The smallest absolute Gasteiger partial charge is 0.227 e. The Hall–Kier alpha value is -1.98. The van der Waals surface area contributed by atoms with Gasteiger partial charge in [0.2, 0.25) is 5.91 Å². The van der Waals surface area contributed by atoms with E-state index in [4.69, 9.17) is 11.6 Å². The molecule has 1 aliphatic rings. The Labute approximate surface area is 157 Å². The maximum Gasteiger partial charge on any atom is 0.227 e. The van der Waals surface area contributed by atoms with E-state index in [1.54, 1.807) is 23.1 Å². The molecule has 2 aromatic rings. The van der Waals surface area contributed by atoms with Gasteiger partial charge in [0, 0.05) is 48.9 Å². The summed E-state index contributed by atoms with van der Waals surface area (Å²) in [6.45, 7) is 3.12. The summed E-state index contributed by atoms with van der Waals surface area (Å²) in [5.74, 6) is -0.800. The molecule has 6 heteroatoms. The van der Waals surface area contributed by atoms with Crippen LogP contribution >= 0.6 is 11.6 Å². The summed E-state index contributed by atoms with van der Waals surface area (Å²) in [5, 5.41) is 0.273. The maximum atomic E-state index is 13.9. The van der Waals surface area contributed by atoms with Gasteiger partial charge in [-0.2, -0.15) is 0 Å². The van der Waals surface area contributed by atoms with Gasteiger partial charge in [-0.05, 0) is 24.6 Å². The number of carbonyl (C=O) groups is 1. The molecule has 0 spiro atoms. The van der Waals surface area contributed by atoms with Crippen LogP contribution in [0.2, 0.25) is 5.02 Å². The molecule has 0 aromatic heterocycles. The molecular weight excluding hydrogens is 358 g/mol. The van der Waals surface area contributed by atoms with Gasteiger partial charge >= 0.3 is 0 Å². The molecule has 0 aliphatic carbocycles. The van der Waals surface area contributed by atoms with E-state index in [1.807, 2.05) is 6.07 Å². The molecule has 1 heterocycles. The summed E-state index contributed by atoms with van der Waals surface area (Å²) < 4.78 is 27.7. The Morgan fingerprint density at radius 2 is 1.73 bits per heavy atom. The highest BCUT2D eigenvalue weighted by molar-refractivity contribution is 6.31. The average Bonchev–Trinajstić information content (AvgIpc) is 2.86. The van der Waals surface area contributed by atoms with Crippen molar-refractivity contribution in [3.05, 3.63) is 70.2 Å². The first-order chi connectivity index (χ1) is 12.5. The summed E-state index contributed by atoms with van der Waals surface area (Å²) in [7, 11) is 0. The van der Waals surface area contributed by atoms with Crippen molar-refractivity contribution >= 4 is 17.5 Å². The predicted octanol–water partition coefficient (Wildman–Crippen LogP) is 3.90. The van der Waals surface area contributed by atoms with Gasteiger partial charge in [0.05, 0.1) is 6.42 Å². The third-order valence-electron chi connectivity index (χ3n) is 4.68. The Balaban J connectivity index is 1.60. The van der Waals surface area contributed by atoms with Crippen LogP contribution in [0.5, 0.6) is 0 Å². The molecule has 3 rings (SSSR count). The minimum Gasteiger partial charge on any atom is -0.341 e. The van der Waals surface area contributed by atoms with Gasteiger partial charge in [-0.15, -0.1) is 0 Å². The van der Waals surface area contributed by atoms with Crippen LogP contribution < -0.4 is 0 Å². The van der Waals surface area contributed by atoms with Crippen LogP contribution in [0.15, 0.2) is 42.5 Å². The fourth-order valence-corrected chi connectivity index (χ4v) is 3.44. The topological polar surface area (TPSA) is 23.6 Å². The van der Waals surface area contributed by atoms with Crippen molar-refractivity contribution in [2.75, 3.05) is 26.2 Å². The van der Waals surface area contributed by atoms with Crippen LogP contribution in [-0.4, -0.2) is 41.9 Å². The minimum absolute atomic E-state index is 0.0428. The van der Waals surface area contributed by atoms with Crippen molar-refractivity contribution in [3.63, 3.8) is 0 Å². The molecule has 0 unspecified atom stereocenters. The SMILES string of the molecule is O=C(Cc1c(F)cccc1Cl)N1CCCN(Cc2ccccc2F)CC1. The predicted molar refractivity (Wildman–Crippen MR) is 98.0 cm³/mol. The van der Waals surface area contributed by atoms with Crippen LogP contribution in [0.3, 0.4) is 0 Å². The molecule has 0 radical (unpaired) electrons. The van der Waals surface area contributed by atoms with E-state index < -0.39 is 5.82 Å². The molecule has 26 heavy (non-hydrogen) atoms. The van der Waals surface area contributed by atoms with Crippen molar-refractivity contribution < 1.29 is 13.6 Å². The zero-order chi connectivity index (χ0) is 18.5. The number of nitrogens with zero attached hydrogens (tertiary/aromatic N) is 2. The van der Waals surface area contributed by atoms with Gasteiger partial charge in [-0.25, -0.2) is 8.78 Å². The van der Waals surface area contributed by atoms with Crippen molar-refractivity contribution in [3.8, 4) is 0 Å². The number of hydrogen-bond acceptors (Lipinski definition) is 2. The second-order valence-electron chi connectivity index (χ2n) is 6.48. The Kier molecular flexibility index (Phi) is 6.22. The number of rotatable bonds is 4. The van der Waals surface area contributed by atoms with Gasteiger partial charge in [-0.1, -0.05) is 35.9 Å². The number of amides is 1. The molecule has 1 amide bonds. The lowest BCUT2D eigenvalue weighted by atomic mass is 10.1. The van der Waals surface area contributed by atoms with E-state index in [-0.39, 0.29) is 28.7 Å². The highest BCUT2D eigenvalue weighted by atomic mass is 35.5. The van der Waals surface area contributed by atoms with E-state index in [9.17, 15) is 13.6 Å². The molecule has 1 aliphatic heterocycles. The monoisotopic (exact) mass is 378 g/mol. The first kappa shape index (κ1) is 18.8. The number of hydrogen-bond donors (Lipinski definition) is 0. The quantitative estimate of drug-likeness (QED) is 0.805. The molecule has 0 N–H and O–H groups in total. The lowest BCUT2D eigenvalue weighted by molar-refractivity contribution is -0.130. The summed E-state index contributed by atoms with van der Waals surface area (Å²) in [4.78, 5) is 16.4. The van der Waals surface area contributed by atoms with Gasteiger partial charge in [0.25, 0.3) is 0 Å². The van der Waals surface area contributed by atoms with Crippen molar-refractivity contribution in [1.29, 1.82) is 0 Å². The van der Waals surface area contributed by atoms with E-state index in [0.29, 0.717) is 31.7 Å². The fraction of sp³-hybridized carbons (Fsp3) is 0.350. The van der Waals surface area contributed by atoms with Crippen LogP contribution in [-0.2, 0) is 17.8 Å². The fourth-order valence-electron chi connectivity index (χ4n) is 3.21. The Morgan fingerprint density at radius 3 is 2.50 bits per heavy atom. The number of halogens is 3. The third-order valence-corrected chi connectivity index (χ3v) is 5.04. The molecule has 0 bridgehead atoms. The molecule has 3 nitrogen and oxygen atoms in total. The zero-order valence-electron chi connectivity index (χ0n) is 14.4. The van der Waals surface area contributed by atoms with Crippen molar-refractivity contribution in [2.45, 2.75) is 19.4 Å². The lowest BCUT2D eigenvalue weighted by Gasteiger charge is -2.22. The van der Waals surface area contributed by atoms with Crippen molar-refractivity contribution in [2.24, 2.45) is 0 Å². The standard InChI is InChI=1S/C20H21ClF2N2O/c21-17-6-3-8-19(23)16(17)13-20(26)25-10-4-9-24(11-12-25)14-15-5-1-2-7-18(15)22/h1-3,5-8H,4,9-14H2. The molecule has 138 valence electrons. The summed E-state index contributed by atoms with van der Waals surface area (Å²) >= 11 is 6.02. The molecule has 1 fully saturated rings. The van der Waals surface area contributed by atoms with Gasteiger partial charge in [-0.3, -0.25) is 9.69 Å². The lowest BCUT2D eigenvalue weighted by Crippen LogP contribution is -2.36. The second-order valence-corrected chi connectivity index (χ2v) is 6.89. The van der Waals surface area contributed by atoms with Crippen molar-refractivity contribution in [1.82, 2.24) is 9.80 Å². The molecule has 1 saturated heterocycles. The first-order valence-corrected chi connectivity index (χ1v) is 9.09. The average molecular weight is 379 g/mol. The minimum atomic E-state index is -0.457. The Morgan fingerprint density at radius 1 is 0.962 bits per heavy atom. The highest BCUT2D eigenvalue weighted by Crippen LogP contribution is 2.20. The van der Waals surface area contributed by atoms with Crippen LogP contribution in [0.1, 0.15) is 17.5 Å². The highest BCUT2D eigenvalue weighted by Gasteiger charge is 2.21. The van der Waals surface area contributed by atoms with Crippen LogP contribution in [0, 0.1) is 11.6 Å². The molecule has 2 aromatic carbocycles. The van der Waals surface area contributed by atoms with E-state index >= 15 is 0 Å². The van der Waals surface area contributed by atoms with E-state index in [2.05, 4.69) is 4.90 Å². The van der Waals surface area contributed by atoms with Crippen LogP contribution in [0.25, 0.3) is 0 Å². The molecular formula is C20H21ClF2N2O. The summed E-state index contributed by atoms with van der Waals surface area (Å²) in [5.41, 5.74) is 0.900. The maximum absolute atomic E-state index is 13.9. The molecule has 0 atom stereocenters. The second kappa shape index (κ2) is 8.60. The summed E-state index contributed by atoms with van der Waals surface area (Å²) in [6, 6.07) is 11.2. The van der Waals surface area contributed by atoms with Gasteiger partial charge < -0.3 is 4.90 Å². The van der Waals surface area contributed by atoms with Crippen LogP contribution in [0.4, 0.5) is 8.78 Å². The third kappa shape index (κ3) is 4.59. The van der Waals surface area contributed by atoms with Gasteiger partial charge in [0.15, 0.2) is 0 Å². The molecule has 0 saturated carbocycles. The Bertz CT molecular complexity index is 764. The summed E-state index contributed by atoms with van der Waals surface area (Å²) in [6.07, 6.45) is 0.754. The number of carbonyl (C=O) groups excluding carboxylic acids is 1. The normalized spacial score (nSPS) is 15.7. The van der Waals surface area contributed by atoms with E-state index in [0.717, 1.165) is 13.0 Å². The van der Waals surface area contributed by atoms with Gasteiger partial charge in [0.1, 0.15) is 11.6 Å².